The van der Waals surface area contributed by atoms with E-state index in [2.05, 4.69) is 52.4 Å². The normalized spacial score (nSPS) is 24.1. The molecular formula is C28H33N3O5S2. The van der Waals surface area contributed by atoms with Gasteiger partial charge in [0.05, 0.1) is 17.5 Å². The van der Waals surface area contributed by atoms with E-state index in [0.29, 0.717) is 11.1 Å². The van der Waals surface area contributed by atoms with Gasteiger partial charge in [-0.1, -0.05) is 42.1 Å². The average molecular weight is 556 g/mol. The molecule has 10 heteroatoms. The zero-order valence-electron chi connectivity index (χ0n) is 21.2. The van der Waals surface area contributed by atoms with Gasteiger partial charge in [0.2, 0.25) is 5.91 Å². The number of amidine groups is 1. The molecule has 2 atom stereocenters. The molecule has 202 valence electrons. The van der Waals surface area contributed by atoms with Crippen molar-refractivity contribution < 1.29 is 23.1 Å². The van der Waals surface area contributed by atoms with E-state index in [1.165, 1.54) is 17.3 Å². The van der Waals surface area contributed by atoms with Gasteiger partial charge in [-0.2, -0.15) is 4.99 Å². The molecule has 3 aliphatic heterocycles. The highest BCUT2D eigenvalue weighted by Crippen LogP contribution is 2.41. The van der Waals surface area contributed by atoms with Crippen LogP contribution in [-0.2, 0) is 25.8 Å². The van der Waals surface area contributed by atoms with Crippen molar-refractivity contribution in [2.24, 2.45) is 10.9 Å². The number of thioether (sulfide) groups is 1. The van der Waals surface area contributed by atoms with Crippen LogP contribution in [0.15, 0.2) is 59.6 Å². The standard InChI is InChI=1S/C28H33N3O5S2/c32-26(7-4-8-27(33)34)29-28-31(24-18-38(35,36)19-25(24)37-28)23-11-9-22(10-12-23)30-15-13-21(14-16-30)17-20-5-2-1-3-6-20/h1-3,5-6,9-12,21,24-25H,4,7-8,13-19H2,(H,33,34). The number of nitrogens with zero attached hydrogens (tertiary/aromatic N) is 3. The quantitative estimate of drug-likeness (QED) is 0.521. The number of hydrogen-bond acceptors (Lipinski definition) is 6. The first-order chi connectivity index (χ1) is 18.3. The third-order valence-corrected chi connectivity index (χ3v) is 10.8. The molecule has 1 N–H and O–H groups in total. The minimum absolute atomic E-state index is 0.0353. The van der Waals surface area contributed by atoms with Crippen LogP contribution in [-0.4, -0.2) is 66.5 Å². The minimum Gasteiger partial charge on any atom is -0.481 e. The molecule has 0 aromatic heterocycles. The van der Waals surface area contributed by atoms with Gasteiger partial charge in [0.25, 0.3) is 0 Å². The van der Waals surface area contributed by atoms with Crippen molar-refractivity contribution in [1.82, 2.24) is 0 Å². The summed E-state index contributed by atoms with van der Waals surface area (Å²) in [6.45, 7) is 1.99. The molecule has 2 aromatic carbocycles. The largest absolute Gasteiger partial charge is 0.481 e. The van der Waals surface area contributed by atoms with Crippen molar-refractivity contribution in [1.29, 1.82) is 0 Å². The number of carboxylic acids is 1. The summed E-state index contributed by atoms with van der Waals surface area (Å²) in [6, 6.07) is 18.5. The van der Waals surface area contributed by atoms with Crippen molar-refractivity contribution in [3.63, 3.8) is 0 Å². The molecule has 0 bridgehead atoms. The van der Waals surface area contributed by atoms with Crippen molar-refractivity contribution in [2.45, 2.75) is 49.8 Å². The Morgan fingerprint density at radius 2 is 1.63 bits per heavy atom. The number of fused-ring (bicyclic) bond motifs is 1. The van der Waals surface area contributed by atoms with Crippen LogP contribution < -0.4 is 9.80 Å². The summed E-state index contributed by atoms with van der Waals surface area (Å²) in [7, 11) is -3.15. The van der Waals surface area contributed by atoms with Crippen molar-refractivity contribution in [3.8, 4) is 0 Å². The zero-order valence-corrected chi connectivity index (χ0v) is 22.9. The Balaban J connectivity index is 1.26. The monoisotopic (exact) mass is 555 g/mol. The van der Waals surface area contributed by atoms with Crippen LogP contribution in [0, 0.1) is 5.92 Å². The van der Waals surface area contributed by atoms with Crippen LogP contribution in [0.25, 0.3) is 0 Å². The molecule has 0 radical (unpaired) electrons. The van der Waals surface area contributed by atoms with Gasteiger partial charge in [-0.15, -0.1) is 0 Å². The molecule has 3 saturated heterocycles. The fourth-order valence-electron chi connectivity index (χ4n) is 5.59. The number of sulfone groups is 1. The van der Waals surface area contributed by atoms with Gasteiger partial charge in [0.15, 0.2) is 15.0 Å². The SMILES string of the molecule is O=C(O)CCCC(=O)N=C1SC2CS(=O)(=O)CC2N1c1ccc(N2CCC(Cc3ccccc3)CC2)cc1. The Morgan fingerprint density at radius 1 is 0.947 bits per heavy atom. The van der Waals surface area contributed by atoms with Gasteiger partial charge in [-0.25, -0.2) is 8.42 Å². The predicted molar refractivity (Wildman–Crippen MR) is 152 cm³/mol. The van der Waals surface area contributed by atoms with E-state index in [1.54, 1.807) is 0 Å². The predicted octanol–water partition coefficient (Wildman–Crippen LogP) is 4.00. The van der Waals surface area contributed by atoms with Crippen molar-refractivity contribution in [3.05, 3.63) is 60.2 Å². The lowest BCUT2D eigenvalue weighted by molar-refractivity contribution is -0.137. The van der Waals surface area contributed by atoms with Crippen LogP contribution in [0.4, 0.5) is 11.4 Å². The fourth-order valence-corrected chi connectivity index (χ4v) is 9.52. The molecule has 0 aliphatic carbocycles. The van der Waals surface area contributed by atoms with E-state index in [1.807, 2.05) is 17.0 Å². The van der Waals surface area contributed by atoms with Crippen LogP contribution in [0.2, 0.25) is 0 Å². The molecule has 38 heavy (non-hydrogen) atoms. The molecule has 5 rings (SSSR count). The summed E-state index contributed by atoms with van der Waals surface area (Å²) in [5.74, 6) is -0.531. The lowest BCUT2D eigenvalue weighted by Gasteiger charge is -2.34. The number of benzene rings is 2. The highest BCUT2D eigenvalue weighted by Gasteiger charge is 2.49. The van der Waals surface area contributed by atoms with E-state index in [0.717, 1.165) is 43.7 Å². The molecule has 0 spiro atoms. The molecule has 8 nitrogen and oxygen atoms in total. The second-order valence-electron chi connectivity index (χ2n) is 10.3. The number of rotatable bonds is 8. The number of anilines is 2. The molecule has 1 amide bonds. The lowest BCUT2D eigenvalue weighted by Crippen LogP contribution is -2.38. The van der Waals surface area contributed by atoms with Gasteiger partial charge >= 0.3 is 5.97 Å². The average Bonchev–Trinajstić information content (AvgIpc) is 3.35. The first-order valence-corrected chi connectivity index (χ1v) is 15.9. The summed E-state index contributed by atoms with van der Waals surface area (Å²) in [6.07, 6.45) is 3.60. The topological polar surface area (TPSA) is 107 Å². The van der Waals surface area contributed by atoms with Crippen LogP contribution >= 0.6 is 11.8 Å². The highest BCUT2D eigenvalue weighted by atomic mass is 32.2. The van der Waals surface area contributed by atoms with Crippen molar-refractivity contribution >= 4 is 50.0 Å². The summed E-state index contributed by atoms with van der Waals surface area (Å²) in [5, 5.41) is 9.16. The van der Waals surface area contributed by atoms with E-state index < -0.39 is 15.8 Å². The number of carbonyl (C=O) groups is 2. The Kier molecular flexibility index (Phi) is 8.09. The van der Waals surface area contributed by atoms with Gasteiger partial charge in [0, 0.05) is 42.6 Å². The Labute approximate surface area is 228 Å². The first kappa shape index (κ1) is 26.7. The van der Waals surface area contributed by atoms with Crippen LogP contribution in [0.5, 0.6) is 0 Å². The number of carboxylic acid groups (broad SMARTS) is 1. The number of piperidine rings is 1. The number of aliphatic imine (C=N–C) groups is 1. The highest BCUT2D eigenvalue weighted by molar-refractivity contribution is 8.16. The smallest absolute Gasteiger partial charge is 0.303 e. The fraction of sp³-hybridized carbons (Fsp3) is 0.464. The van der Waals surface area contributed by atoms with E-state index in [-0.39, 0.29) is 48.0 Å². The van der Waals surface area contributed by atoms with Crippen LogP contribution in [0.1, 0.15) is 37.7 Å². The third kappa shape index (κ3) is 6.40. The van der Waals surface area contributed by atoms with Gasteiger partial charge in [0.1, 0.15) is 0 Å². The third-order valence-electron chi connectivity index (χ3n) is 7.54. The second kappa shape index (κ2) is 11.5. The van der Waals surface area contributed by atoms with Gasteiger partial charge in [-0.3, -0.25) is 9.59 Å². The lowest BCUT2D eigenvalue weighted by atomic mass is 9.90. The summed E-state index contributed by atoms with van der Waals surface area (Å²) < 4.78 is 24.7. The summed E-state index contributed by atoms with van der Waals surface area (Å²) in [4.78, 5) is 31.8. The molecular weight excluding hydrogens is 522 g/mol. The number of carbonyl (C=O) groups excluding carboxylic acids is 1. The summed E-state index contributed by atoms with van der Waals surface area (Å²) >= 11 is 1.34. The van der Waals surface area contributed by atoms with E-state index >= 15 is 0 Å². The zero-order chi connectivity index (χ0) is 26.7. The maximum Gasteiger partial charge on any atom is 0.303 e. The number of hydrogen-bond donors (Lipinski definition) is 1. The maximum atomic E-state index is 12.5. The van der Waals surface area contributed by atoms with Gasteiger partial charge in [-0.05, 0) is 61.4 Å². The Morgan fingerprint density at radius 3 is 2.32 bits per heavy atom. The second-order valence-corrected chi connectivity index (χ2v) is 13.7. The van der Waals surface area contributed by atoms with E-state index in [4.69, 9.17) is 5.11 Å². The summed E-state index contributed by atoms with van der Waals surface area (Å²) in [5.41, 5.74) is 3.35. The molecule has 3 fully saturated rings. The van der Waals surface area contributed by atoms with E-state index in [9.17, 15) is 18.0 Å². The number of aliphatic carboxylic acids is 1. The first-order valence-electron chi connectivity index (χ1n) is 13.2. The van der Waals surface area contributed by atoms with Gasteiger partial charge < -0.3 is 14.9 Å². The van der Waals surface area contributed by atoms with Crippen molar-refractivity contribution in [2.75, 3.05) is 34.4 Å². The Hall–Kier alpha value is -2.85. The van der Waals surface area contributed by atoms with Crippen LogP contribution in [0.3, 0.4) is 0 Å². The molecule has 0 saturated carbocycles. The number of amides is 1. The molecule has 2 unspecified atom stereocenters. The molecule has 2 aromatic rings. The molecule has 3 heterocycles. The Bertz CT molecular complexity index is 1290. The molecule has 3 aliphatic rings. The minimum atomic E-state index is -3.15. The maximum absolute atomic E-state index is 12.5.